The maximum absolute atomic E-state index is 10.6. The minimum atomic E-state index is -0.0850. The van der Waals surface area contributed by atoms with Crippen LogP contribution in [0.15, 0.2) is 93.3 Å². The van der Waals surface area contributed by atoms with Gasteiger partial charge in [-0.3, -0.25) is 0 Å². The van der Waals surface area contributed by atoms with Crippen LogP contribution in [-0.2, 0) is 5.41 Å². The highest BCUT2D eigenvalue weighted by molar-refractivity contribution is 5.58. The highest BCUT2D eigenvalue weighted by Crippen LogP contribution is 2.47. The van der Waals surface area contributed by atoms with E-state index in [0.717, 1.165) is 35.3 Å². The molecule has 2 N–H and O–H groups in total. The number of aromatic hydroxyl groups is 2. The van der Waals surface area contributed by atoms with E-state index in [1.807, 2.05) is 24.3 Å². The normalized spacial score (nSPS) is 19.0. The van der Waals surface area contributed by atoms with E-state index in [2.05, 4.69) is 70.7 Å². The molecule has 4 aromatic rings. The molecule has 260 valence electrons. The maximum Gasteiger partial charge on any atom is 0.143 e. The quantitative estimate of drug-likeness (QED) is 0.183. The summed E-state index contributed by atoms with van der Waals surface area (Å²) in [7, 11) is 0. The highest BCUT2D eigenvalue weighted by Gasteiger charge is 2.36. The summed E-state index contributed by atoms with van der Waals surface area (Å²) in [4.78, 5) is 0. The highest BCUT2D eigenvalue weighted by atomic mass is 16.3. The van der Waals surface area contributed by atoms with Crippen LogP contribution in [0.25, 0.3) is 0 Å². The molecule has 0 saturated heterocycles. The molecule has 3 saturated carbocycles. The third kappa shape index (κ3) is 7.40. The lowest BCUT2D eigenvalue weighted by Crippen LogP contribution is -2.30. The van der Waals surface area contributed by atoms with Gasteiger partial charge < -0.3 is 10.2 Å². The summed E-state index contributed by atoms with van der Waals surface area (Å²) < 4.78 is 0. The Bertz CT molecular complexity index is 1730. The Morgan fingerprint density at radius 1 is 0.460 bits per heavy atom. The fourth-order valence-corrected chi connectivity index (χ4v) is 8.87. The van der Waals surface area contributed by atoms with Crippen LogP contribution in [0.2, 0.25) is 0 Å². The van der Waals surface area contributed by atoms with E-state index in [0.29, 0.717) is 23.2 Å². The summed E-state index contributed by atoms with van der Waals surface area (Å²) in [5.74, 6) is 1.44. The molecule has 6 nitrogen and oxygen atoms in total. The van der Waals surface area contributed by atoms with Crippen LogP contribution < -0.4 is 0 Å². The summed E-state index contributed by atoms with van der Waals surface area (Å²) in [5, 5.41) is 39.5. The third-order valence-electron chi connectivity index (χ3n) is 11.9. The Morgan fingerprint density at radius 2 is 0.860 bits per heavy atom. The van der Waals surface area contributed by atoms with Crippen LogP contribution in [0.5, 0.6) is 11.5 Å². The number of hydrogen-bond acceptors (Lipinski definition) is 6. The molecule has 0 atom stereocenters. The first-order valence-electron chi connectivity index (χ1n) is 19.1. The number of phenolic OH excluding ortho intramolecular Hbond substituents is 2. The number of hydrogen-bond donors (Lipinski definition) is 2. The van der Waals surface area contributed by atoms with E-state index in [9.17, 15) is 10.2 Å². The molecule has 0 spiro atoms. The zero-order chi connectivity index (χ0) is 34.5. The second-order valence-corrected chi connectivity index (χ2v) is 15.2. The standard InChI is InChI=1S/C44H52N4O2/c1-30-26-36(18-20-38(30)45-47-40-28-34(16-22-42(40)49)32-12-6-3-7-13-32)44(24-10-5-11-25-44)37-19-21-39(31(2)27-37)46-48-41-29-35(17-23-43(41)50)33-14-8-4-9-15-33/h16-23,26-29,32-33,49-50H,3-15,24-25H2,1-2H3. The molecule has 6 heteroatoms. The Morgan fingerprint density at radius 3 is 1.28 bits per heavy atom. The molecule has 0 bridgehead atoms. The van der Waals surface area contributed by atoms with Crippen LogP contribution in [-0.4, -0.2) is 10.2 Å². The average Bonchev–Trinajstić information content (AvgIpc) is 3.16. The smallest absolute Gasteiger partial charge is 0.143 e. The van der Waals surface area contributed by atoms with Gasteiger partial charge in [0, 0.05) is 5.41 Å². The van der Waals surface area contributed by atoms with Gasteiger partial charge in [-0.2, -0.15) is 10.2 Å². The predicted molar refractivity (Wildman–Crippen MR) is 202 cm³/mol. The second-order valence-electron chi connectivity index (χ2n) is 15.2. The fraction of sp³-hybridized carbons (Fsp3) is 0.455. The number of azo groups is 2. The van der Waals surface area contributed by atoms with Gasteiger partial charge in [0.25, 0.3) is 0 Å². The Kier molecular flexibility index (Phi) is 10.4. The van der Waals surface area contributed by atoms with Gasteiger partial charge in [-0.15, -0.1) is 10.2 Å². The fourth-order valence-electron chi connectivity index (χ4n) is 8.87. The molecule has 50 heavy (non-hydrogen) atoms. The molecule has 3 fully saturated rings. The Labute approximate surface area is 297 Å². The topological polar surface area (TPSA) is 89.9 Å². The molecule has 0 amide bonds. The van der Waals surface area contributed by atoms with E-state index >= 15 is 0 Å². The summed E-state index contributed by atoms with van der Waals surface area (Å²) in [6.07, 6.45) is 18.3. The first-order chi connectivity index (χ1) is 24.4. The van der Waals surface area contributed by atoms with Crippen LogP contribution in [0.3, 0.4) is 0 Å². The van der Waals surface area contributed by atoms with E-state index in [4.69, 9.17) is 0 Å². The van der Waals surface area contributed by atoms with Gasteiger partial charge in [-0.25, -0.2) is 0 Å². The van der Waals surface area contributed by atoms with E-state index in [1.165, 1.54) is 106 Å². The molecule has 0 aliphatic heterocycles. The summed E-state index contributed by atoms with van der Waals surface area (Å²) in [5.41, 5.74) is 9.95. The zero-order valence-corrected chi connectivity index (χ0v) is 29.9. The molecular weight excluding hydrogens is 617 g/mol. The van der Waals surface area contributed by atoms with Gasteiger partial charge in [0.05, 0.1) is 11.4 Å². The van der Waals surface area contributed by atoms with Crippen LogP contribution in [0.1, 0.15) is 142 Å². The summed E-state index contributed by atoms with van der Waals surface area (Å²) in [6.45, 7) is 4.22. The van der Waals surface area contributed by atoms with Crippen molar-refractivity contribution in [1.82, 2.24) is 0 Å². The lowest BCUT2D eigenvalue weighted by atomic mass is 9.65. The molecule has 3 aliphatic carbocycles. The van der Waals surface area contributed by atoms with Crippen molar-refractivity contribution < 1.29 is 10.2 Å². The molecule has 3 aliphatic rings. The van der Waals surface area contributed by atoms with E-state index in [1.54, 1.807) is 12.1 Å². The molecule has 0 unspecified atom stereocenters. The Hall–Kier alpha value is -4.32. The van der Waals surface area contributed by atoms with Crippen molar-refractivity contribution in [3.05, 3.63) is 106 Å². The van der Waals surface area contributed by atoms with Gasteiger partial charge in [-0.1, -0.05) is 94.2 Å². The van der Waals surface area contributed by atoms with Crippen molar-refractivity contribution in [2.75, 3.05) is 0 Å². The molecule has 7 rings (SSSR count). The van der Waals surface area contributed by atoms with Gasteiger partial charge in [0.1, 0.15) is 22.9 Å². The number of nitrogens with zero attached hydrogens (tertiary/aromatic N) is 4. The lowest BCUT2D eigenvalue weighted by molar-refractivity contribution is 0.346. The summed E-state index contributed by atoms with van der Waals surface area (Å²) in [6, 6.07) is 24.9. The first kappa shape index (κ1) is 34.1. The average molecular weight is 669 g/mol. The van der Waals surface area contributed by atoms with Crippen molar-refractivity contribution in [3.63, 3.8) is 0 Å². The maximum atomic E-state index is 10.6. The van der Waals surface area contributed by atoms with Crippen molar-refractivity contribution in [2.45, 2.75) is 127 Å². The Balaban J connectivity index is 1.12. The molecule has 0 heterocycles. The zero-order valence-electron chi connectivity index (χ0n) is 29.9. The van der Waals surface area contributed by atoms with Crippen LogP contribution in [0.4, 0.5) is 22.7 Å². The third-order valence-corrected chi connectivity index (χ3v) is 11.9. The first-order valence-corrected chi connectivity index (χ1v) is 19.1. The van der Waals surface area contributed by atoms with Crippen LogP contribution >= 0.6 is 0 Å². The second kappa shape index (κ2) is 15.3. The monoisotopic (exact) mass is 668 g/mol. The number of rotatable bonds is 8. The SMILES string of the molecule is Cc1cc(C2(c3ccc(N=Nc4cc(C5CCCCC5)ccc4O)c(C)c3)CCCCC2)ccc1N=Nc1cc(C2CCCCC2)ccc1O. The largest absolute Gasteiger partial charge is 0.506 e. The minimum Gasteiger partial charge on any atom is -0.506 e. The van der Waals surface area contributed by atoms with Gasteiger partial charge >= 0.3 is 0 Å². The molecule has 0 aromatic heterocycles. The van der Waals surface area contributed by atoms with Crippen LogP contribution in [0, 0.1) is 13.8 Å². The van der Waals surface area contributed by atoms with Crippen molar-refractivity contribution in [3.8, 4) is 11.5 Å². The molecule has 0 radical (unpaired) electrons. The van der Waals surface area contributed by atoms with E-state index in [-0.39, 0.29) is 16.9 Å². The van der Waals surface area contributed by atoms with Gasteiger partial charge in [0.15, 0.2) is 0 Å². The lowest BCUT2D eigenvalue weighted by Gasteiger charge is -2.39. The van der Waals surface area contributed by atoms with Crippen molar-refractivity contribution in [2.24, 2.45) is 20.5 Å². The van der Waals surface area contributed by atoms with Crippen molar-refractivity contribution in [1.29, 1.82) is 0 Å². The number of benzene rings is 4. The van der Waals surface area contributed by atoms with Gasteiger partial charge in [-0.05, 0) is 134 Å². The number of aryl methyl sites for hydroxylation is 2. The minimum absolute atomic E-state index is 0.0850. The predicted octanol–water partition coefficient (Wildman–Crippen LogP) is 13.9. The number of phenols is 2. The molecular formula is C44H52N4O2. The summed E-state index contributed by atoms with van der Waals surface area (Å²) >= 11 is 0. The van der Waals surface area contributed by atoms with Gasteiger partial charge in [0.2, 0.25) is 0 Å². The van der Waals surface area contributed by atoms with Crippen molar-refractivity contribution >= 4 is 22.7 Å². The molecule has 4 aromatic carbocycles. The van der Waals surface area contributed by atoms with E-state index < -0.39 is 0 Å².